The van der Waals surface area contributed by atoms with Gasteiger partial charge in [0.15, 0.2) is 0 Å². The number of nitrogens with one attached hydrogen (secondary N) is 5. The summed E-state index contributed by atoms with van der Waals surface area (Å²) in [4.78, 5) is 105. The van der Waals surface area contributed by atoms with E-state index < -0.39 is 60.4 Å². The van der Waals surface area contributed by atoms with Crippen LogP contribution in [0.1, 0.15) is 148 Å². The van der Waals surface area contributed by atoms with Gasteiger partial charge in [0.25, 0.3) is 0 Å². The van der Waals surface area contributed by atoms with Crippen molar-refractivity contribution in [2.75, 3.05) is 72.5 Å². The summed E-state index contributed by atoms with van der Waals surface area (Å²) in [6, 6.07) is -3.44. The maximum absolute atomic E-state index is 12.3. The van der Waals surface area contributed by atoms with Crippen molar-refractivity contribution in [1.82, 2.24) is 26.6 Å². The van der Waals surface area contributed by atoms with E-state index in [0.717, 1.165) is 51.4 Å². The maximum Gasteiger partial charge on any atom is 0.326 e. The fourth-order valence-corrected chi connectivity index (χ4v) is 6.61. The number of nitrogens with two attached hydrogens (primary N) is 1. The van der Waals surface area contributed by atoms with Crippen LogP contribution >= 0.6 is 0 Å². The van der Waals surface area contributed by atoms with E-state index >= 15 is 0 Å². The molecule has 0 aromatic rings. The number of hydrogen-bond donors (Lipinski definition) is 10. The van der Waals surface area contributed by atoms with Crippen LogP contribution in [0, 0.1) is 0 Å². The Morgan fingerprint density at radius 1 is 0.362 bits per heavy atom. The molecule has 0 bridgehead atoms. The van der Waals surface area contributed by atoms with Crippen LogP contribution in [0.3, 0.4) is 0 Å². The summed E-state index contributed by atoms with van der Waals surface area (Å²) in [7, 11) is 0. The van der Waals surface area contributed by atoms with E-state index in [1.165, 1.54) is 32.1 Å². The molecule has 0 fully saturated rings. The first kappa shape index (κ1) is 64.0. The van der Waals surface area contributed by atoms with Crippen molar-refractivity contribution in [2.24, 2.45) is 5.73 Å². The molecule has 23 nitrogen and oxygen atoms in total. The van der Waals surface area contributed by atoms with Gasteiger partial charge in [0, 0.05) is 45.3 Å². The molecule has 0 spiro atoms. The summed E-state index contributed by atoms with van der Waals surface area (Å²) in [6.45, 7) is 0.655. The Kier molecular flexibility index (Phi) is 41.1. The Hall–Kier alpha value is -4.97. The first-order chi connectivity index (χ1) is 33.1. The molecule has 0 unspecified atom stereocenters. The molecule has 0 aliphatic rings. The van der Waals surface area contributed by atoms with E-state index in [0.29, 0.717) is 19.3 Å². The Morgan fingerprint density at radius 2 is 0.754 bits per heavy atom. The zero-order chi connectivity index (χ0) is 51.3. The number of unbranched alkanes of at least 4 members (excludes halogenated alkanes) is 14. The average Bonchev–Trinajstić information content (AvgIpc) is 3.29. The van der Waals surface area contributed by atoms with Crippen molar-refractivity contribution in [3.05, 3.63) is 0 Å². The third-order valence-corrected chi connectivity index (χ3v) is 10.6. The molecule has 0 radical (unpaired) electrons. The molecule has 23 heteroatoms. The molecule has 0 aromatic heterocycles. The van der Waals surface area contributed by atoms with Crippen LogP contribution in [0.15, 0.2) is 0 Å². The number of amides is 5. The molecule has 5 amide bonds. The molecular formula is C46H82N6O17. The minimum atomic E-state index is -1.31. The molecule has 69 heavy (non-hydrogen) atoms. The lowest BCUT2D eigenvalue weighted by Crippen LogP contribution is -2.43. The van der Waals surface area contributed by atoms with E-state index in [4.69, 9.17) is 34.9 Å². The number of carboxylic acid groups (broad SMARTS) is 4. The Bertz CT molecular complexity index is 1470. The SMILES string of the molecule is N[C@@H](CCCCNC(=O)CC[C@H](NC(=O)COCCOCCNC(=O)COCCOCCNC(=O)CC[C@H](NC(=O)CCCCCCCCCCCCCCCCC(=O)O)C(=O)O)C(=O)O)C(=O)O. The van der Waals surface area contributed by atoms with Gasteiger partial charge in [-0.15, -0.1) is 0 Å². The molecule has 0 aliphatic carbocycles. The lowest BCUT2D eigenvalue weighted by atomic mass is 10.0. The van der Waals surface area contributed by atoms with Gasteiger partial charge in [0.1, 0.15) is 31.3 Å². The number of aliphatic carboxylic acids is 4. The molecule has 11 N–H and O–H groups in total. The number of carbonyl (C=O) groups is 9. The van der Waals surface area contributed by atoms with Crippen LogP contribution in [0.25, 0.3) is 0 Å². The third kappa shape index (κ3) is 42.8. The molecule has 398 valence electrons. The van der Waals surface area contributed by atoms with Crippen LogP contribution in [0.4, 0.5) is 0 Å². The number of rotatable bonds is 49. The summed E-state index contributed by atoms with van der Waals surface area (Å²) in [5.41, 5.74) is 5.42. The van der Waals surface area contributed by atoms with Gasteiger partial charge >= 0.3 is 23.9 Å². The van der Waals surface area contributed by atoms with E-state index in [1.54, 1.807) is 0 Å². The third-order valence-electron chi connectivity index (χ3n) is 10.6. The van der Waals surface area contributed by atoms with Crippen molar-refractivity contribution in [3.8, 4) is 0 Å². The summed E-state index contributed by atoms with van der Waals surface area (Å²) in [5, 5.41) is 49.0. The van der Waals surface area contributed by atoms with Crippen molar-refractivity contribution in [3.63, 3.8) is 0 Å². The highest BCUT2D eigenvalue weighted by Crippen LogP contribution is 2.14. The first-order valence-corrected chi connectivity index (χ1v) is 24.5. The first-order valence-electron chi connectivity index (χ1n) is 24.5. The van der Waals surface area contributed by atoms with Gasteiger partial charge in [-0.3, -0.25) is 33.6 Å². The monoisotopic (exact) mass is 991 g/mol. The van der Waals surface area contributed by atoms with Crippen molar-refractivity contribution in [2.45, 2.75) is 166 Å². The second kappa shape index (κ2) is 44.3. The van der Waals surface area contributed by atoms with Gasteiger partial charge in [0.2, 0.25) is 29.5 Å². The van der Waals surface area contributed by atoms with Gasteiger partial charge in [-0.1, -0.05) is 77.0 Å². The highest BCUT2D eigenvalue weighted by molar-refractivity contribution is 5.85. The predicted octanol–water partition coefficient (Wildman–Crippen LogP) is 2.01. The topological polar surface area (TPSA) is 358 Å². The quantitative estimate of drug-likeness (QED) is 0.0390. The summed E-state index contributed by atoms with van der Waals surface area (Å²) in [5.74, 6) is -6.56. The second-order valence-corrected chi connectivity index (χ2v) is 16.7. The molecule has 0 saturated heterocycles. The van der Waals surface area contributed by atoms with E-state index in [2.05, 4.69) is 26.6 Å². The highest BCUT2D eigenvalue weighted by Gasteiger charge is 2.22. The van der Waals surface area contributed by atoms with Gasteiger partial charge in [-0.25, -0.2) is 9.59 Å². The maximum atomic E-state index is 12.3. The normalized spacial score (nSPS) is 12.3. The molecule has 0 aromatic carbocycles. The largest absolute Gasteiger partial charge is 0.481 e. The van der Waals surface area contributed by atoms with Crippen LogP contribution in [0.2, 0.25) is 0 Å². The van der Waals surface area contributed by atoms with Crippen LogP contribution in [-0.2, 0) is 62.1 Å². The molecule has 0 heterocycles. The van der Waals surface area contributed by atoms with Crippen LogP contribution in [0.5, 0.6) is 0 Å². The lowest BCUT2D eigenvalue weighted by molar-refractivity contribution is -0.143. The minimum Gasteiger partial charge on any atom is -0.481 e. The smallest absolute Gasteiger partial charge is 0.326 e. The van der Waals surface area contributed by atoms with Gasteiger partial charge in [0.05, 0.1) is 39.6 Å². The van der Waals surface area contributed by atoms with Crippen molar-refractivity contribution in [1.29, 1.82) is 0 Å². The van der Waals surface area contributed by atoms with Crippen LogP contribution in [-0.4, -0.2) is 164 Å². The number of hydrogen-bond acceptors (Lipinski definition) is 14. The molecular weight excluding hydrogens is 909 g/mol. The summed E-state index contributed by atoms with van der Waals surface area (Å²) in [6.07, 6.45) is 16.2. The zero-order valence-corrected chi connectivity index (χ0v) is 40.4. The standard InChI is InChI=1S/C46H82N6O17/c47-35(44(60)61)17-15-16-24-48-38(53)22-21-37(46(64)65)52-42(57)34-69-32-30-67-28-26-50-41(56)33-68-31-29-66-27-25-49-39(54)23-20-36(45(62)63)51-40(55)18-13-11-9-7-5-3-1-2-4-6-8-10-12-14-19-43(58)59/h35-37H,1-34,47H2,(H,48,53)(H,49,54)(H,50,56)(H,51,55)(H,52,57)(H,58,59)(H,60,61)(H,62,63)(H,64,65)/t35-,36-,37-/m0/s1. The van der Waals surface area contributed by atoms with E-state index in [9.17, 15) is 53.4 Å². The Morgan fingerprint density at radius 3 is 1.20 bits per heavy atom. The van der Waals surface area contributed by atoms with E-state index in [1.807, 2.05) is 0 Å². The predicted molar refractivity (Wildman–Crippen MR) is 251 cm³/mol. The van der Waals surface area contributed by atoms with Crippen molar-refractivity contribution >= 4 is 53.4 Å². The number of carboxylic acids is 4. The molecule has 0 saturated carbocycles. The zero-order valence-electron chi connectivity index (χ0n) is 40.4. The van der Waals surface area contributed by atoms with Gasteiger partial charge < -0.3 is 71.7 Å². The summed E-state index contributed by atoms with van der Waals surface area (Å²) < 4.78 is 21.2. The van der Waals surface area contributed by atoms with Crippen LogP contribution < -0.4 is 32.3 Å². The average molecular weight is 991 g/mol. The number of carbonyl (C=O) groups excluding carboxylic acids is 5. The number of ether oxygens (including phenoxy) is 4. The van der Waals surface area contributed by atoms with Gasteiger partial charge in [-0.2, -0.15) is 0 Å². The molecule has 0 rings (SSSR count). The van der Waals surface area contributed by atoms with E-state index in [-0.39, 0.29) is 129 Å². The lowest BCUT2D eigenvalue weighted by Gasteiger charge is -2.15. The Labute approximate surface area is 405 Å². The second-order valence-electron chi connectivity index (χ2n) is 16.7. The van der Waals surface area contributed by atoms with Crippen molar-refractivity contribution < 1.29 is 82.5 Å². The summed E-state index contributed by atoms with van der Waals surface area (Å²) >= 11 is 0. The molecule has 0 aliphatic heterocycles. The highest BCUT2D eigenvalue weighted by atomic mass is 16.5. The molecule has 3 atom stereocenters. The van der Waals surface area contributed by atoms with Gasteiger partial charge in [-0.05, 0) is 44.9 Å². The minimum absolute atomic E-state index is 0.0176. The Balaban J connectivity index is 3.79. The fraction of sp³-hybridized carbons (Fsp3) is 0.804. The fourth-order valence-electron chi connectivity index (χ4n) is 6.61.